The number of aryl methyl sites for hydroxylation is 3. The van der Waals surface area contributed by atoms with Crippen LogP contribution in [0.5, 0.6) is 5.75 Å². The number of hydrogen-bond donors (Lipinski definition) is 1. The van der Waals surface area contributed by atoms with Crippen molar-refractivity contribution in [2.24, 2.45) is 7.05 Å². The first-order valence-electron chi connectivity index (χ1n) is 9.02. The third-order valence-corrected chi connectivity index (χ3v) is 4.98. The third kappa shape index (κ3) is 3.05. The van der Waals surface area contributed by atoms with E-state index >= 15 is 0 Å². The van der Waals surface area contributed by atoms with E-state index in [1.165, 1.54) is 12.1 Å². The van der Waals surface area contributed by atoms with Crippen LogP contribution < -0.4 is 10.5 Å². The smallest absolute Gasteiger partial charge is 0.188 e. The van der Waals surface area contributed by atoms with Crippen molar-refractivity contribution >= 4 is 5.82 Å². The summed E-state index contributed by atoms with van der Waals surface area (Å²) in [5.74, 6) is 0.162. The maximum Gasteiger partial charge on any atom is 0.188 e. The van der Waals surface area contributed by atoms with E-state index in [1.807, 2.05) is 6.92 Å². The SMILES string of the molecule is CC1Oc2cc(nnc2N)-c2c(nn(C)c2C#N)CCCc2ccc(F)cc21. The van der Waals surface area contributed by atoms with E-state index < -0.39 is 6.10 Å². The van der Waals surface area contributed by atoms with Gasteiger partial charge >= 0.3 is 0 Å². The maximum atomic E-state index is 13.9. The molecule has 1 aromatic carbocycles. The topological polar surface area (TPSA) is 103 Å². The van der Waals surface area contributed by atoms with Crippen LogP contribution in [-0.2, 0) is 19.9 Å². The van der Waals surface area contributed by atoms with Crippen molar-refractivity contribution in [1.29, 1.82) is 5.26 Å². The van der Waals surface area contributed by atoms with Gasteiger partial charge in [-0.2, -0.15) is 10.4 Å². The molecule has 1 unspecified atom stereocenters. The van der Waals surface area contributed by atoms with Crippen molar-refractivity contribution in [3.63, 3.8) is 0 Å². The fourth-order valence-corrected chi connectivity index (χ4v) is 3.62. The van der Waals surface area contributed by atoms with Crippen LogP contribution >= 0.6 is 0 Å². The number of fused-ring (bicyclic) bond motifs is 5. The van der Waals surface area contributed by atoms with Gasteiger partial charge in [0.1, 0.15) is 29.4 Å². The van der Waals surface area contributed by atoms with Crippen LogP contribution in [0.3, 0.4) is 0 Å². The molecule has 2 aromatic heterocycles. The summed E-state index contributed by atoms with van der Waals surface area (Å²) in [5.41, 5.74) is 10.1. The molecule has 0 saturated carbocycles. The number of nitrogens with zero attached hydrogens (tertiary/aromatic N) is 5. The average Bonchev–Trinajstić information content (AvgIpc) is 2.99. The molecule has 28 heavy (non-hydrogen) atoms. The largest absolute Gasteiger partial charge is 0.482 e. The first-order chi connectivity index (χ1) is 13.5. The predicted octanol–water partition coefficient (Wildman–Crippen LogP) is 3.10. The molecule has 0 radical (unpaired) electrons. The fourth-order valence-electron chi connectivity index (χ4n) is 3.62. The summed E-state index contributed by atoms with van der Waals surface area (Å²) in [6, 6.07) is 8.60. The molecule has 2 bridgehead atoms. The van der Waals surface area contributed by atoms with Gasteiger partial charge in [-0.1, -0.05) is 6.07 Å². The normalized spacial score (nSPS) is 16.0. The quantitative estimate of drug-likeness (QED) is 0.645. The molecule has 1 aliphatic rings. The molecular formula is C20H19FN6O. The van der Waals surface area contributed by atoms with Gasteiger partial charge in [0.2, 0.25) is 0 Å². The van der Waals surface area contributed by atoms with Crippen LogP contribution in [0.2, 0.25) is 0 Å². The lowest BCUT2D eigenvalue weighted by atomic mass is 9.96. The molecule has 0 fully saturated rings. The summed E-state index contributed by atoms with van der Waals surface area (Å²) in [6.45, 7) is 1.85. The molecule has 0 saturated heterocycles. The van der Waals surface area contributed by atoms with Crippen LogP contribution in [0, 0.1) is 17.1 Å². The minimum absolute atomic E-state index is 0.134. The highest BCUT2D eigenvalue weighted by Gasteiger charge is 2.23. The highest BCUT2D eigenvalue weighted by atomic mass is 19.1. The van der Waals surface area contributed by atoms with Crippen LogP contribution in [0.15, 0.2) is 24.3 Å². The number of hydrogen-bond acceptors (Lipinski definition) is 6. The first-order valence-corrected chi connectivity index (χ1v) is 9.02. The van der Waals surface area contributed by atoms with Gasteiger partial charge in [-0.3, -0.25) is 4.68 Å². The minimum atomic E-state index is -0.423. The Morgan fingerprint density at radius 1 is 1.29 bits per heavy atom. The number of rotatable bonds is 0. The number of halogens is 1. The average molecular weight is 378 g/mol. The number of nitriles is 1. The zero-order valence-electron chi connectivity index (χ0n) is 15.6. The van der Waals surface area contributed by atoms with Gasteiger partial charge in [0, 0.05) is 13.1 Å². The molecule has 0 amide bonds. The molecule has 7 nitrogen and oxygen atoms in total. The molecule has 0 aliphatic carbocycles. The minimum Gasteiger partial charge on any atom is -0.482 e. The molecular weight excluding hydrogens is 359 g/mol. The highest BCUT2D eigenvalue weighted by Crippen LogP contribution is 2.34. The van der Waals surface area contributed by atoms with Crippen molar-refractivity contribution in [3.05, 3.63) is 52.6 Å². The monoisotopic (exact) mass is 378 g/mol. The number of aromatic nitrogens is 4. The van der Waals surface area contributed by atoms with Gasteiger partial charge < -0.3 is 10.5 Å². The number of benzene rings is 1. The Morgan fingerprint density at radius 3 is 2.89 bits per heavy atom. The summed E-state index contributed by atoms with van der Waals surface area (Å²) in [4.78, 5) is 0. The molecule has 3 aromatic rings. The van der Waals surface area contributed by atoms with E-state index in [0.717, 1.165) is 29.7 Å². The van der Waals surface area contributed by atoms with Crippen molar-refractivity contribution in [2.45, 2.75) is 32.3 Å². The van der Waals surface area contributed by atoms with Crippen LogP contribution in [0.4, 0.5) is 10.2 Å². The Hall–Kier alpha value is -3.47. The Bertz CT molecular complexity index is 1100. The van der Waals surface area contributed by atoms with Crippen LogP contribution in [0.25, 0.3) is 11.3 Å². The summed E-state index contributed by atoms with van der Waals surface area (Å²) in [5, 5.41) is 22.3. The second-order valence-corrected chi connectivity index (χ2v) is 6.84. The van der Waals surface area contributed by atoms with E-state index in [2.05, 4.69) is 21.4 Å². The number of nitrogen functional groups attached to an aromatic ring is 1. The summed E-state index contributed by atoms with van der Waals surface area (Å²) in [7, 11) is 1.73. The molecule has 142 valence electrons. The van der Waals surface area contributed by atoms with Gasteiger partial charge in [-0.25, -0.2) is 4.39 Å². The molecule has 0 spiro atoms. The molecule has 2 N–H and O–H groups in total. The Morgan fingerprint density at radius 2 is 2.11 bits per heavy atom. The molecule has 1 aliphatic heterocycles. The van der Waals surface area contributed by atoms with E-state index in [9.17, 15) is 9.65 Å². The molecule has 4 rings (SSSR count). The van der Waals surface area contributed by atoms with Gasteiger partial charge in [-0.15, -0.1) is 10.2 Å². The summed E-state index contributed by atoms with van der Waals surface area (Å²) in [6.07, 6.45) is 1.75. The van der Waals surface area contributed by atoms with Crippen molar-refractivity contribution in [1.82, 2.24) is 20.0 Å². The standard InChI is InChI=1S/C20H19FN6O/c1-11-14-8-13(21)7-6-12(14)4-3-5-15-19(17(10-22)27(2)26-15)16-9-18(28-11)20(23)25-24-16/h6-9,11H,3-5H2,1-2H3,(H2,23,25). The Kier molecular flexibility index (Phi) is 4.43. The summed E-state index contributed by atoms with van der Waals surface area (Å²) >= 11 is 0. The molecule has 8 heteroatoms. The molecule has 3 heterocycles. The third-order valence-electron chi connectivity index (χ3n) is 4.98. The Balaban J connectivity index is 1.90. The van der Waals surface area contributed by atoms with Crippen LogP contribution in [0.1, 0.15) is 42.0 Å². The molecule has 1 atom stereocenters. The van der Waals surface area contributed by atoms with E-state index in [0.29, 0.717) is 29.1 Å². The van der Waals surface area contributed by atoms with E-state index in [1.54, 1.807) is 23.9 Å². The number of nitrogens with two attached hydrogens (primary N) is 1. The van der Waals surface area contributed by atoms with E-state index in [-0.39, 0.29) is 11.6 Å². The van der Waals surface area contributed by atoms with Crippen molar-refractivity contribution < 1.29 is 9.13 Å². The summed E-state index contributed by atoms with van der Waals surface area (Å²) < 4.78 is 21.4. The van der Waals surface area contributed by atoms with E-state index in [4.69, 9.17) is 10.5 Å². The maximum absolute atomic E-state index is 13.9. The zero-order chi connectivity index (χ0) is 19.8. The zero-order valence-corrected chi connectivity index (χ0v) is 15.6. The first kappa shape index (κ1) is 17.9. The van der Waals surface area contributed by atoms with Gasteiger partial charge in [0.25, 0.3) is 0 Å². The van der Waals surface area contributed by atoms with Gasteiger partial charge in [0.05, 0.1) is 11.3 Å². The van der Waals surface area contributed by atoms with Crippen molar-refractivity contribution in [2.75, 3.05) is 5.73 Å². The lowest BCUT2D eigenvalue weighted by Crippen LogP contribution is -2.11. The van der Waals surface area contributed by atoms with Gasteiger partial charge in [-0.05, 0) is 49.4 Å². The second kappa shape index (κ2) is 6.93. The second-order valence-electron chi connectivity index (χ2n) is 6.84. The van der Waals surface area contributed by atoms with Crippen LogP contribution in [-0.4, -0.2) is 20.0 Å². The number of ether oxygens (including phenoxy) is 1. The lowest BCUT2D eigenvalue weighted by molar-refractivity contribution is 0.225. The predicted molar refractivity (Wildman–Crippen MR) is 101 cm³/mol. The highest BCUT2D eigenvalue weighted by molar-refractivity contribution is 5.70. The number of anilines is 1. The van der Waals surface area contributed by atoms with Crippen molar-refractivity contribution in [3.8, 4) is 23.1 Å². The lowest BCUT2D eigenvalue weighted by Gasteiger charge is -2.20. The van der Waals surface area contributed by atoms with Gasteiger partial charge in [0.15, 0.2) is 11.6 Å². The Labute approximate surface area is 161 Å². The fraction of sp³-hybridized carbons (Fsp3) is 0.300.